The fourth-order valence-corrected chi connectivity index (χ4v) is 0.287. The molecule has 0 amide bonds. The summed E-state index contributed by atoms with van der Waals surface area (Å²) in [7, 11) is 0. The molecule has 0 aliphatic heterocycles. The Labute approximate surface area is 54.7 Å². The van der Waals surface area contributed by atoms with Gasteiger partial charge in [-0.1, -0.05) is 13.3 Å². The molecule has 0 aromatic carbocycles. The summed E-state index contributed by atoms with van der Waals surface area (Å²) in [6.45, 7) is 2.07. The van der Waals surface area contributed by atoms with Gasteiger partial charge in [-0.25, -0.2) is 0 Å². The second-order valence-electron chi connectivity index (χ2n) is 1.31. The molecule has 0 N–H and O–H groups in total. The minimum Gasteiger partial charge on any atom is -0.303 e. The van der Waals surface area contributed by atoms with Crippen LogP contribution in [-0.4, -0.2) is 6.29 Å². The molecule has 0 fully saturated rings. The van der Waals surface area contributed by atoms with Crippen LogP contribution in [0.4, 0.5) is 0 Å². The summed E-state index contributed by atoms with van der Waals surface area (Å²) in [5.74, 6) is 0. The summed E-state index contributed by atoms with van der Waals surface area (Å²) in [4.78, 5) is 9.56. The van der Waals surface area contributed by atoms with Crippen molar-refractivity contribution in [1.29, 1.82) is 0 Å². The molecule has 0 heterocycles. The van der Waals surface area contributed by atoms with Crippen molar-refractivity contribution in [2.75, 3.05) is 0 Å². The van der Waals surface area contributed by atoms with Crippen LogP contribution in [0, 0.1) is 0 Å². The van der Waals surface area contributed by atoms with Crippen LogP contribution in [0.3, 0.4) is 0 Å². The third-order valence-corrected chi connectivity index (χ3v) is 0.676. The molecule has 0 rings (SSSR count). The first-order valence-electron chi connectivity index (χ1n) is 2.35. The predicted molar refractivity (Wildman–Crippen MR) is 25.6 cm³/mol. The molecular weight excluding hydrogens is 135 g/mol. The van der Waals surface area contributed by atoms with Crippen LogP contribution in [0.5, 0.6) is 0 Å². The monoisotopic (exact) mass is 145 g/mol. The maximum absolute atomic E-state index is 9.56. The van der Waals surface area contributed by atoms with Crippen molar-refractivity contribution in [3.05, 3.63) is 0 Å². The smallest absolute Gasteiger partial charge is 0.119 e. The molecule has 0 aromatic heterocycles. The first kappa shape index (κ1) is 10.2. The zero-order chi connectivity index (χ0) is 4.83. The first-order valence-corrected chi connectivity index (χ1v) is 2.35. The van der Waals surface area contributed by atoms with Crippen LogP contribution >= 0.6 is 0 Å². The van der Waals surface area contributed by atoms with Crippen molar-refractivity contribution in [3.63, 3.8) is 0 Å². The van der Waals surface area contributed by atoms with Gasteiger partial charge >= 0.3 is 0 Å². The Morgan fingerprint density at radius 2 is 2.14 bits per heavy atom. The van der Waals surface area contributed by atoms with Crippen molar-refractivity contribution < 1.29 is 21.6 Å². The zero-order valence-electron chi connectivity index (χ0n) is 4.44. The van der Waals surface area contributed by atoms with Crippen LogP contribution in [0.15, 0.2) is 0 Å². The topological polar surface area (TPSA) is 17.1 Å². The van der Waals surface area contributed by atoms with Gasteiger partial charge in [0.15, 0.2) is 0 Å². The van der Waals surface area contributed by atoms with E-state index < -0.39 is 0 Å². The quantitative estimate of drug-likeness (QED) is 0.433. The number of unbranched alkanes of at least 4 members (excludes halogenated alkanes) is 2. The molecule has 1 nitrogen and oxygen atoms in total. The Morgan fingerprint density at radius 3 is 2.29 bits per heavy atom. The fourth-order valence-electron chi connectivity index (χ4n) is 0.287. The van der Waals surface area contributed by atoms with E-state index in [1.165, 1.54) is 0 Å². The Morgan fingerprint density at radius 1 is 1.57 bits per heavy atom. The summed E-state index contributed by atoms with van der Waals surface area (Å²) in [5.41, 5.74) is 0. The Kier molecular flexibility index (Phi) is 13.8. The van der Waals surface area contributed by atoms with Crippen molar-refractivity contribution in [3.8, 4) is 0 Å². The van der Waals surface area contributed by atoms with Gasteiger partial charge in [-0.2, -0.15) is 0 Å². The van der Waals surface area contributed by atoms with Crippen molar-refractivity contribution in [2.24, 2.45) is 0 Å². The molecule has 0 saturated carbocycles. The minimum absolute atomic E-state index is 0. The average molecular weight is 145 g/mol. The van der Waals surface area contributed by atoms with E-state index in [0.29, 0.717) is 0 Å². The first-order chi connectivity index (χ1) is 2.91. The van der Waals surface area contributed by atoms with E-state index in [-0.39, 0.29) is 16.8 Å². The SMILES string of the molecule is CCCCC=O.[Co]. The van der Waals surface area contributed by atoms with E-state index >= 15 is 0 Å². The van der Waals surface area contributed by atoms with Crippen LogP contribution < -0.4 is 0 Å². The van der Waals surface area contributed by atoms with E-state index in [9.17, 15) is 4.79 Å². The summed E-state index contributed by atoms with van der Waals surface area (Å²) in [6.07, 6.45) is 3.86. The Balaban J connectivity index is 0. The Hall–Kier alpha value is 0.176. The van der Waals surface area contributed by atoms with E-state index in [1.54, 1.807) is 0 Å². The zero-order valence-corrected chi connectivity index (χ0v) is 5.48. The normalized spacial score (nSPS) is 7.00. The molecule has 0 saturated heterocycles. The minimum atomic E-state index is 0. The van der Waals surface area contributed by atoms with Crippen molar-refractivity contribution in [1.82, 2.24) is 0 Å². The van der Waals surface area contributed by atoms with E-state index in [2.05, 4.69) is 6.92 Å². The molecule has 0 aliphatic carbocycles. The summed E-state index contributed by atoms with van der Waals surface area (Å²) >= 11 is 0. The molecule has 0 spiro atoms. The van der Waals surface area contributed by atoms with Gasteiger partial charge < -0.3 is 4.79 Å². The fraction of sp³-hybridized carbons (Fsp3) is 0.800. The molecule has 0 aromatic rings. The number of rotatable bonds is 3. The molecule has 0 unspecified atom stereocenters. The van der Waals surface area contributed by atoms with Crippen molar-refractivity contribution >= 4 is 6.29 Å². The molecular formula is C5H10CoO. The molecule has 0 atom stereocenters. The number of aldehydes is 1. The third kappa shape index (κ3) is 10.7. The maximum atomic E-state index is 9.56. The number of hydrogen-bond acceptors (Lipinski definition) is 1. The van der Waals surface area contributed by atoms with E-state index in [1.807, 2.05) is 0 Å². The second-order valence-corrected chi connectivity index (χ2v) is 1.31. The van der Waals surface area contributed by atoms with Gasteiger partial charge in [-0.05, 0) is 6.42 Å². The Bertz CT molecular complexity index is 37.1. The predicted octanol–water partition coefficient (Wildman–Crippen LogP) is 1.37. The van der Waals surface area contributed by atoms with Crippen LogP contribution in [-0.2, 0) is 21.6 Å². The maximum Gasteiger partial charge on any atom is 0.119 e. The van der Waals surface area contributed by atoms with Crippen LogP contribution in [0.1, 0.15) is 26.2 Å². The average Bonchev–Trinajstić information content (AvgIpc) is 1.61. The van der Waals surface area contributed by atoms with Gasteiger partial charge in [0, 0.05) is 23.2 Å². The van der Waals surface area contributed by atoms with Gasteiger partial charge in [-0.3, -0.25) is 0 Å². The number of carbonyl (C=O) groups is 1. The largest absolute Gasteiger partial charge is 0.303 e. The third-order valence-electron chi connectivity index (χ3n) is 0.676. The number of hydrogen-bond donors (Lipinski definition) is 0. The molecule has 0 aliphatic rings. The van der Waals surface area contributed by atoms with Gasteiger partial charge in [-0.15, -0.1) is 0 Å². The molecule has 0 bridgehead atoms. The standard InChI is InChI=1S/C5H10O.Co/c1-2-3-4-5-6;/h5H,2-4H2,1H3;. The summed E-state index contributed by atoms with van der Waals surface area (Å²) in [5, 5.41) is 0. The molecule has 7 heavy (non-hydrogen) atoms. The van der Waals surface area contributed by atoms with Gasteiger partial charge in [0.05, 0.1) is 0 Å². The summed E-state index contributed by atoms with van der Waals surface area (Å²) in [6, 6.07) is 0. The van der Waals surface area contributed by atoms with E-state index in [4.69, 9.17) is 0 Å². The molecule has 45 valence electrons. The summed E-state index contributed by atoms with van der Waals surface area (Å²) < 4.78 is 0. The molecule has 1 radical (unpaired) electrons. The molecule has 2 heteroatoms. The van der Waals surface area contributed by atoms with Gasteiger partial charge in [0.25, 0.3) is 0 Å². The van der Waals surface area contributed by atoms with Crippen LogP contribution in [0.2, 0.25) is 0 Å². The van der Waals surface area contributed by atoms with Crippen molar-refractivity contribution in [2.45, 2.75) is 26.2 Å². The van der Waals surface area contributed by atoms with Crippen LogP contribution in [0.25, 0.3) is 0 Å². The van der Waals surface area contributed by atoms with E-state index in [0.717, 1.165) is 25.5 Å². The van der Waals surface area contributed by atoms with Gasteiger partial charge in [0.2, 0.25) is 0 Å². The van der Waals surface area contributed by atoms with Gasteiger partial charge in [0.1, 0.15) is 6.29 Å². The number of carbonyl (C=O) groups excluding carboxylic acids is 1. The second kappa shape index (κ2) is 9.49.